The first kappa shape index (κ1) is 16.7. The van der Waals surface area contributed by atoms with Gasteiger partial charge in [-0.15, -0.1) is 12.4 Å². The van der Waals surface area contributed by atoms with Gasteiger partial charge in [0.1, 0.15) is 5.82 Å². The SMILES string of the molecule is CSCC[C@H](N)C(=O)Nc1c2c(nn1C)CSC2.Cl. The number of amides is 1. The molecule has 0 saturated heterocycles. The number of nitrogens with two attached hydrogens (primary N) is 1. The third kappa shape index (κ3) is 3.81. The molecule has 0 radical (unpaired) electrons. The average Bonchev–Trinajstić information content (AvgIpc) is 2.89. The lowest BCUT2D eigenvalue weighted by Gasteiger charge is -2.12. The molecular formula is C11H19ClN4OS2. The Labute approximate surface area is 127 Å². The van der Waals surface area contributed by atoms with E-state index in [9.17, 15) is 4.79 Å². The summed E-state index contributed by atoms with van der Waals surface area (Å²) in [5.74, 6) is 3.43. The summed E-state index contributed by atoms with van der Waals surface area (Å²) < 4.78 is 1.74. The zero-order valence-electron chi connectivity index (χ0n) is 11.0. The van der Waals surface area contributed by atoms with Gasteiger partial charge >= 0.3 is 0 Å². The van der Waals surface area contributed by atoms with Gasteiger partial charge in [0.2, 0.25) is 5.91 Å². The van der Waals surface area contributed by atoms with E-state index in [-0.39, 0.29) is 18.3 Å². The van der Waals surface area contributed by atoms with E-state index in [1.807, 2.05) is 25.1 Å². The normalized spacial score (nSPS) is 14.7. The number of nitrogens with zero attached hydrogens (tertiary/aromatic N) is 2. The molecule has 1 aliphatic rings. The van der Waals surface area contributed by atoms with Gasteiger partial charge in [-0.3, -0.25) is 9.48 Å². The smallest absolute Gasteiger partial charge is 0.242 e. The van der Waals surface area contributed by atoms with E-state index < -0.39 is 6.04 Å². The van der Waals surface area contributed by atoms with E-state index in [1.165, 1.54) is 0 Å². The van der Waals surface area contributed by atoms with Crippen molar-refractivity contribution in [2.45, 2.75) is 24.0 Å². The first-order chi connectivity index (χ1) is 8.63. The number of carbonyl (C=O) groups excluding carboxylic acids is 1. The van der Waals surface area contributed by atoms with Crippen molar-refractivity contribution in [3.8, 4) is 0 Å². The van der Waals surface area contributed by atoms with Crippen LogP contribution >= 0.6 is 35.9 Å². The summed E-state index contributed by atoms with van der Waals surface area (Å²) >= 11 is 3.52. The van der Waals surface area contributed by atoms with Crippen LogP contribution in [0.15, 0.2) is 0 Å². The Hall–Kier alpha value is -0.370. The van der Waals surface area contributed by atoms with E-state index in [0.29, 0.717) is 6.42 Å². The van der Waals surface area contributed by atoms with Crippen LogP contribution in [0.4, 0.5) is 5.82 Å². The van der Waals surface area contributed by atoms with E-state index in [4.69, 9.17) is 5.73 Å². The molecule has 0 saturated carbocycles. The van der Waals surface area contributed by atoms with Crippen LogP contribution in [0.5, 0.6) is 0 Å². The summed E-state index contributed by atoms with van der Waals surface area (Å²) in [5.41, 5.74) is 8.08. The molecule has 8 heteroatoms. The number of halogens is 1. The molecule has 0 spiro atoms. The Morgan fingerprint density at radius 3 is 3.05 bits per heavy atom. The second kappa shape index (κ2) is 7.42. The van der Waals surface area contributed by atoms with Crippen LogP contribution in [0.1, 0.15) is 17.7 Å². The number of anilines is 1. The number of fused-ring (bicyclic) bond motifs is 1. The van der Waals surface area contributed by atoms with Gasteiger partial charge < -0.3 is 11.1 Å². The highest BCUT2D eigenvalue weighted by Gasteiger charge is 2.23. The van der Waals surface area contributed by atoms with Crippen molar-refractivity contribution in [3.63, 3.8) is 0 Å². The van der Waals surface area contributed by atoms with Crippen molar-refractivity contribution >= 4 is 47.7 Å². The number of aryl methyl sites for hydroxylation is 1. The van der Waals surface area contributed by atoms with Crippen LogP contribution in [0.25, 0.3) is 0 Å². The lowest BCUT2D eigenvalue weighted by Crippen LogP contribution is -2.36. The predicted octanol–water partition coefficient (Wildman–Crippen LogP) is 1.61. The Morgan fingerprint density at radius 2 is 2.37 bits per heavy atom. The largest absolute Gasteiger partial charge is 0.320 e. The van der Waals surface area contributed by atoms with E-state index in [2.05, 4.69) is 10.4 Å². The number of aromatic nitrogens is 2. The minimum absolute atomic E-state index is 0. The Kier molecular flexibility index (Phi) is 6.52. The highest BCUT2D eigenvalue weighted by molar-refractivity contribution is 7.98. The van der Waals surface area contributed by atoms with Crippen molar-refractivity contribution in [2.75, 3.05) is 17.3 Å². The molecular weight excluding hydrogens is 304 g/mol. The predicted molar refractivity (Wildman–Crippen MR) is 85.1 cm³/mol. The third-order valence-electron chi connectivity index (χ3n) is 2.93. The summed E-state index contributed by atoms with van der Waals surface area (Å²) in [7, 11) is 1.85. The molecule has 3 N–H and O–H groups in total. The lowest BCUT2D eigenvalue weighted by molar-refractivity contribution is -0.117. The maximum absolute atomic E-state index is 12.0. The van der Waals surface area contributed by atoms with Crippen LogP contribution in [-0.2, 0) is 23.3 Å². The summed E-state index contributed by atoms with van der Waals surface area (Å²) in [6, 6.07) is -0.447. The second-order valence-electron chi connectivity index (χ2n) is 4.27. The van der Waals surface area contributed by atoms with Gasteiger partial charge in [-0.2, -0.15) is 28.6 Å². The van der Waals surface area contributed by atoms with Crippen LogP contribution in [0, 0.1) is 0 Å². The van der Waals surface area contributed by atoms with Crippen molar-refractivity contribution in [3.05, 3.63) is 11.3 Å². The number of thioether (sulfide) groups is 2. The van der Waals surface area contributed by atoms with Gasteiger partial charge in [-0.1, -0.05) is 0 Å². The van der Waals surface area contributed by atoms with Crippen molar-refractivity contribution in [2.24, 2.45) is 12.8 Å². The van der Waals surface area contributed by atoms with Crippen LogP contribution < -0.4 is 11.1 Å². The van der Waals surface area contributed by atoms with Gasteiger partial charge in [-0.05, 0) is 18.4 Å². The number of rotatable bonds is 5. The number of hydrogen-bond acceptors (Lipinski definition) is 5. The molecule has 0 bridgehead atoms. The zero-order chi connectivity index (χ0) is 13.1. The second-order valence-corrected chi connectivity index (χ2v) is 6.24. The van der Waals surface area contributed by atoms with Crippen molar-refractivity contribution < 1.29 is 4.79 Å². The molecule has 108 valence electrons. The molecule has 1 aliphatic heterocycles. The van der Waals surface area contributed by atoms with Gasteiger partial charge in [0, 0.05) is 24.1 Å². The molecule has 2 heterocycles. The molecule has 0 fully saturated rings. The molecule has 1 aromatic rings. The Morgan fingerprint density at radius 1 is 1.63 bits per heavy atom. The fraction of sp³-hybridized carbons (Fsp3) is 0.636. The molecule has 0 unspecified atom stereocenters. The summed E-state index contributed by atoms with van der Waals surface area (Å²) in [5, 5.41) is 7.32. The molecule has 5 nitrogen and oxygen atoms in total. The minimum Gasteiger partial charge on any atom is -0.320 e. The van der Waals surface area contributed by atoms with Gasteiger partial charge in [0.25, 0.3) is 0 Å². The van der Waals surface area contributed by atoms with E-state index >= 15 is 0 Å². The molecule has 0 aliphatic carbocycles. The molecule has 1 amide bonds. The third-order valence-corrected chi connectivity index (χ3v) is 4.54. The minimum atomic E-state index is -0.447. The number of hydrogen-bond donors (Lipinski definition) is 2. The maximum Gasteiger partial charge on any atom is 0.242 e. The van der Waals surface area contributed by atoms with E-state index in [0.717, 1.165) is 34.3 Å². The Balaban J connectivity index is 0.00000180. The quantitative estimate of drug-likeness (QED) is 0.861. The van der Waals surface area contributed by atoms with Crippen LogP contribution in [-0.4, -0.2) is 33.7 Å². The maximum atomic E-state index is 12.0. The molecule has 19 heavy (non-hydrogen) atoms. The fourth-order valence-corrected chi connectivity index (χ4v) is 3.41. The summed E-state index contributed by atoms with van der Waals surface area (Å²) in [6.07, 6.45) is 2.71. The Bertz CT molecular complexity index is 452. The molecule has 1 atom stereocenters. The monoisotopic (exact) mass is 322 g/mol. The van der Waals surface area contributed by atoms with Gasteiger partial charge in [-0.25, -0.2) is 0 Å². The molecule has 0 aromatic carbocycles. The fourth-order valence-electron chi connectivity index (χ4n) is 1.88. The highest BCUT2D eigenvalue weighted by Crippen LogP contribution is 2.34. The van der Waals surface area contributed by atoms with Gasteiger partial charge in [0.05, 0.1) is 11.7 Å². The van der Waals surface area contributed by atoms with Crippen LogP contribution in [0.3, 0.4) is 0 Å². The molecule has 2 rings (SSSR count). The van der Waals surface area contributed by atoms with Crippen LogP contribution in [0.2, 0.25) is 0 Å². The highest BCUT2D eigenvalue weighted by atomic mass is 35.5. The van der Waals surface area contributed by atoms with Gasteiger partial charge in [0.15, 0.2) is 0 Å². The summed E-state index contributed by atoms with van der Waals surface area (Å²) in [6.45, 7) is 0. The zero-order valence-corrected chi connectivity index (χ0v) is 13.5. The first-order valence-corrected chi connectivity index (χ1v) is 8.36. The van der Waals surface area contributed by atoms with E-state index in [1.54, 1.807) is 16.4 Å². The topological polar surface area (TPSA) is 72.9 Å². The van der Waals surface area contributed by atoms with Crippen molar-refractivity contribution in [1.29, 1.82) is 0 Å². The average molecular weight is 323 g/mol. The molecule has 1 aromatic heterocycles. The van der Waals surface area contributed by atoms with Crippen molar-refractivity contribution in [1.82, 2.24) is 9.78 Å². The first-order valence-electron chi connectivity index (χ1n) is 5.81. The number of carbonyl (C=O) groups is 1. The standard InChI is InChI=1S/C11H18N4OS2.ClH/c1-15-10(7-5-18-6-9(7)14-15)13-11(16)8(12)3-4-17-2;/h8H,3-6,12H2,1-2H3,(H,13,16);1H/t8-;/m0./s1. The summed E-state index contributed by atoms with van der Waals surface area (Å²) in [4.78, 5) is 12.0. The lowest BCUT2D eigenvalue weighted by atomic mass is 10.2. The number of nitrogens with one attached hydrogen (secondary N) is 1.